The maximum absolute atomic E-state index is 13.2. The van der Waals surface area contributed by atoms with Gasteiger partial charge in [0, 0.05) is 47.9 Å². The first-order valence-corrected chi connectivity index (χ1v) is 37.1. The summed E-state index contributed by atoms with van der Waals surface area (Å²) in [4.78, 5) is 84.8. The number of carbonyl (C=O) groups excluding carboxylic acids is 4. The number of halogens is 2. The molecule has 12 aromatic rings. The van der Waals surface area contributed by atoms with Crippen molar-refractivity contribution < 1.29 is 38.2 Å². The lowest BCUT2D eigenvalue weighted by Gasteiger charge is -2.20. The van der Waals surface area contributed by atoms with Gasteiger partial charge in [-0.3, -0.25) is 19.2 Å². The zero-order valence-electron chi connectivity index (χ0n) is 63.0. The average Bonchev–Trinajstić information content (AvgIpc) is 0.840. The van der Waals surface area contributed by atoms with Crippen LogP contribution in [-0.4, -0.2) is 73.7 Å². The number of benzene rings is 8. The number of nitrogens with zero attached hydrogens (tertiary/aromatic N) is 8. The molecule has 0 aliphatic heterocycles. The van der Waals surface area contributed by atoms with Crippen LogP contribution >= 0.6 is 0 Å². The molecule has 1 unspecified atom stereocenters. The average molecular weight is 1500 g/mol. The van der Waals surface area contributed by atoms with Gasteiger partial charge in [-0.05, 0) is 175 Å². The van der Waals surface area contributed by atoms with Crippen molar-refractivity contribution in [2.45, 2.75) is 86.0 Å². The predicted octanol–water partition coefficient (Wildman–Crippen LogP) is 20.8. The fourth-order valence-electron chi connectivity index (χ4n) is 11.5. The molecule has 1 fully saturated rings. The number of anilines is 4. The second-order valence-electron chi connectivity index (χ2n) is 26.9. The molecule has 1 aliphatic carbocycles. The topological polar surface area (TPSA) is 260 Å². The van der Waals surface area contributed by atoms with Gasteiger partial charge in [0.2, 0.25) is 23.6 Å². The highest BCUT2D eigenvalue weighted by Crippen LogP contribution is 2.31. The Morgan fingerprint density at radius 3 is 1.02 bits per heavy atom. The van der Waals surface area contributed by atoms with Crippen molar-refractivity contribution >= 4 is 95.5 Å². The van der Waals surface area contributed by atoms with Crippen molar-refractivity contribution in [3.8, 4) is 56.5 Å². The molecule has 4 heterocycles. The molecule has 13 rings (SSSR count). The maximum Gasteiger partial charge on any atom is 0.228 e. The standard InChI is InChI=1S/C26H27N3O2.2C23H22FN3O.C20H17N3O2/c30-22-14-12-21(13-15-22)24-18-27-26(29-25(31)17-20-9-5-2-6-10-20)23(28-24)16-11-19-7-3-1-4-8-19;1-16(2)14-22(28)27-23-20(13-8-17-6-4-3-5-7-17)26-21(15-25-23)18-9-11-19(24)12-10-18;1-3-16(2)23(28)27-22-20(14-9-17-7-5-4-6-8-17)26-21(15-25-22)18-10-12-19(24)13-11-18;1-14(24)22-20-18(12-7-15-5-3-2-4-6-15)23-19(13-21-20)16-8-10-17(25)11-9-16/h1,3-4,7-8,11-16,18,20,30H,2,5-6,9-10,17H2,(H,27,29,31);3-13,15-16H,14H2,1-2H3,(H,25,27,28);4-16H,3H2,1-2H3,(H,25,27,28);2-13,25H,1H3,(H,21,22,24)/b16-11+;13-8+;14-9+;12-7+. The Bertz CT molecular complexity index is 5190. The van der Waals surface area contributed by atoms with Crippen LogP contribution in [-0.2, 0) is 19.2 Å². The van der Waals surface area contributed by atoms with Gasteiger partial charge < -0.3 is 31.5 Å². The Balaban J connectivity index is 0.000000159. The molecule has 112 heavy (non-hydrogen) atoms. The van der Waals surface area contributed by atoms with Crippen LogP contribution in [0.25, 0.3) is 93.6 Å². The van der Waals surface area contributed by atoms with Crippen LogP contribution < -0.4 is 21.3 Å². The van der Waals surface area contributed by atoms with Gasteiger partial charge in [-0.25, -0.2) is 48.7 Å². The lowest BCUT2D eigenvalue weighted by atomic mass is 9.87. The number of phenolic OH excluding ortho intramolecular Hbond substituents is 2. The minimum Gasteiger partial charge on any atom is -0.508 e. The number of aromatic nitrogens is 8. The molecule has 1 aliphatic rings. The van der Waals surface area contributed by atoms with Gasteiger partial charge >= 0.3 is 0 Å². The second-order valence-corrected chi connectivity index (χ2v) is 26.9. The van der Waals surface area contributed by atoms with Gasteiger partial charge in [0.15, 0.2) is 23.3 Å². The Kier molecular flexibility index (Phi) is 30.1. The Labute approximate surface area is 651 Å². The van der Waals surface area contributed by atoms with Crippen LogP contribution in [0.4, 0.5) is 32.1 Å². The number of phenols is 2. The first-order valence-electron chi connectivity index (χ1n) is 37.1. The molecule has 0 spiro atoms. The lowest BCUT2D eigenvalue weighted by Crippen LogP contribution is -2.21. The summed E-state index contributed by atoms with van der Waals surface area (Å²) in [7, 11) is 0. The highest BCUT2D eigenvalue weighted by molar-refractivity contribution is 5.95. The number of hydrogen-bond donors (Lipinski definition) is 6. The van der Waals surface area contributed by atoms with E-state index in [0.717, 1.165) is 63.8 Å². The van der Waals surface area contributed by atoms with Crippen LogP contribution in [0.5, 0.6) is 11.5 Å². The van der Waals surface area contributed by atoms with E-state index < -0.39 is 0 Å². The summed E-state index contributed by atoms with van der Waals surface area (Å²) in [6, 6.07) is 65.1. The van der Waals surface area contributed by atoms with E-state index in [1.54, 1.807) is 97.6 Å². The monoisotopic (exact) mass is 1490 g/mol. The second kappa shape index (κ2) is 41.6. The van der Waals surface area contributed by atoms with Crippen LogP contribution in [0.15, 0.2) is 243 Å². The molecule has 0 bridgehead atoms. The van der Waals surface area contributed by atoms with Gasteiger partial charge in [0.1, 0.15) is 45.9 Å². The van der Waals surface area contributed by atoms with E-state index in [2.05, 4.69) is 56.2 Å². The highest BCUT2D eigenvalue weighted by atomic mass is 19.1. The van der Waals surface area contributed by atoms with E-state index in [1.807, 2.05) is 198 Å². The van der Waals surface area contributed by atoms with Crippen LogP contribution in [0.2, 0.25) is 0 Å². The number of hydrogen-bond acceptors (Lipinski definition) is 14. The number of nitrogens with one attached hydrogen (secondary N) is 4. The summed E-state index contributed by atoms with van der Waals surface area (Å²) in [6.07, 6.45) is 29.1. The van der Waals surface area contributed by atoms with Crippen molar-refractivity contribution in [2.75, 3.05) is 21.3 Å². The van der Waals surface area contributed by atoms with E-state index >= 15 is 0 Å². The number of rotatable bonds is 22. The molecule has 20 heteroatoms. The Morgan fingerprint density at radius 1 is 0.402 bits per heavy atom. The lowest BCUT2D eigenvalue weighted by molar-refractivity contribution is -0.119. The maximum atomic E-state index is 13.2. The minimum atomic E-state index is -0.307. The fourth-order valence-corrected chi connectivity index (χ4v) is 11.5. The molecule has 4 amide bonds. The number of amides is 4. The SMILES string of the molecule is CC(=O)Nc1ncc(-c2ccc(O)cc2)nc1/C=C/c1ccccc1.CC(C)CC(=O)Nc1ncc(-c2ccc(F)cc2)nc1/C=C/c1ccccc1.CCC(C)C(=O)Nc1ncc(-c2ccc(F)cc2)nc1/C=C/c1ccccc1.O=C(CC1CCCCC1)Nc1ncc(-c2ccc(O)cc2)nc1/C=C/c1ccccc1. The summed E-state index contributed by atoms with van der Waals surface area (Å²) in [6.45, 7) is 9.23. The number of carbonyl (C=O) groups is 4. The molecule has 6 N–H and O–H groups in total. The summed E-state index contributed by atoms with van der Waals surface area (Å²) in [5.41, 5.74) is 12.1. The van der Waals surface area contributed by atoms with Crippen molar-refractivity contribution in [1.29, 1.82) is 0 Å². The van der Waals surface area contributed by atoms with Crippen LogP contribution in [0.1, 0.15) is 131 Å². The highest BCUT2D eigenvalue weighted by Gasteiger charge is 2.20. The molecule has 4 aromatic heterocycles. The van der Waals surface area contributed by atoms with Crippen molar-refractivity contribution in [3.05, 3.63) is 300 Å². The molecule has 1 saturated carbocycles. The third kappa shape index (κ3) is 25.8. The zero-order chi connectivity index (χ0) is 79.0. The summed E-state index contributed by atoms with van der Waals surface area (Å²) in [5, 5.41) is 30.3. The first-order chi connectivity index (χ1) is 54.4. The first kappa shape index (κ1) is 80.9. The van der Waals surface area contributed by atoms with Gasteiger partial charge in [-0.15, -0.1) is 0 Å². The summed E-state index contributed by atoms with van der Waals surface area (Å²) in [5.74, 6) is 1.63. The van der Waals surface area contributed by atoms with Gasteiger partial charge in [-0.2, -0.15) is 0 Å². The van der Waals surface area contributed by atoms with Crippen molar-refractivity contribution in [1.82, 2.24) is 39.9 Å². The van der Waals surface area contributed by atoms with Crippen LogP contribution in [0, 0.1) is 29.4 Å². The Morgan fingerprint density at radius 2 is 0.705 bits per heavy atom. The molecular formula is C92H88F2N12O6. The third-order valence-corrected chi connectivity index (χ3v) is 17.6. The number of aromatic hydroxyl groups is 2. The van der Waals surface area contributed by atoms with Gasteiger partial charge in [-0.1, -0.05) is 193 Å². The summed E-state index contributed by atoms with van der Waals surface area (Å²) >= 11 is 0. The van der Waals surface area contributed by atoms with E-state index in [9.17, 15) is 38.2 Å². The van der Waals surface area contributed by atoms with Crippen molar-refractivity contribution in [3.63, 3.8) is 0 Å². The van der Waals surface area contributed by atoms with Gasteiger partial charge in [0.05, 0.1) is 47.6 Å². The predicted molar refractivity (Wildman–Crippen MR) is 445 cm³/mol. The smallest absolute Gasteiger partial charge is 0.228 e. The molecular weight excluding hydrogens is 1410 g/mol. The minimum absolute atomic E-state index is 0.00653. The fraction of sp³-hybridized carbons (Fsp3) is 0.174. The van der Waals surface area contributed by atoms with Crippen molar-refractivity contribution in [2.24, 2.45) is 17.8 Å². The Hall–Kier alpha value is -13.6. The molecule has 18 nitrogen and oxygen atoms in total. The van der Waals surface area contributed by atoms with E-state index in [-0.39, 0.29) is 58.6 Å². The summed E-state index contributed by atoms with van der Waals surface area (Å²) < 4.78 is 26.4. The molecule has 0 radical (unpaired) electrons. The zero-order valence-corrected chi connectivity index (χ0v) is 63.0. The largest absolute Gasteiger partial charge is 0.508 e. The van der Waals surface area contributed by atoms with Gasteiger partial charge in [0.25, 0.3) is 0 Å². The van der Waals surface area contributed by atoms with Crippen LogP contribution in [0.3, 0.4) is 0 Å². The normalized spacial score (nSPS) is 12.2. The van der Waals surface area contributed by atoms with E-state index in [1.165, 1.54) is 50.5 Å². The molecule has 566 valence electrons. The molecule has 8 aromatic carbocycles. The third-order valence-electron chi connectivity index (χ3n) is 17.6. The van der Waals surface area contributed by atoms with E-state index in [4.69, 9.17) is 4.98 Å². The molecule has 1 atom stereocenters. The quantitative estimate of drug-likeness (QED) is 0.0369. The molecule has 0 saturated heterocycles. The van der Waals surface area contributed by atoms with E-state index in [0.29, 0.717) is 87.6 Å².